The van der Waals surface area contributed by atoms with E-state index in [-0.39, 0.29) is 17.8 Å². The zero-order chi connectivity index (χ0) is 13.0. The van der Waals surface area contributed by atoms with Crippen molar-refractivity contribution in [2.24, 2.45) is 41.4 Å². The first-order valence-corrected chi connectivity index (χ1v) is 6.32. The molecule has 6 nitrogen and oxygen atoms in total. The molecule has 0 aromatic carbocycles. The highest BCUT2D eigenvalue weighted by molar-refractivity contribution is 6.03. The van der Waals surface area contributed by atoms with Gasteiger partial charge in [0.15, 0.2) is 0 Å². The van der Waals surface area contributed by atoms with Crippen LogP contribution < -0.4 is 0 Å². The van der Waals surface area contributed by atoms with Crippen molar-refractivity contribution in [2.75, 3.05) is 0 Å². The zero-order valence-electron chi connectivity index (χ0n) is 9.57. The first kappa shape index (κ1) is 9.89. The highest BCUT2D eigenvalue weighted by atomic mass is 16.6. The number of hydrogen-bond acceptors (Lipinski definition) is 6. The molecule has 2 heterocycles. The van der Waals surface area contributed by atoms with Crippen LogP contribution >= 0.6 is 0 Å². The smallest absolute Gasteiger partial charge is 0.321 e. The minimum absolute atomic E-state index is 0.0568. The Balaban J connectivity index is 1.61. The van der Waals surface area contributed by atoms with Crippen LogP contribution in [0.1, 0.15) is 0 Å². The molecule has 5 rings (SSSR count). The van der Waals surface area contributed by atoms with Crippen molar-refractivity contribution in [3.8, 4) is 0 Å². The second-order valence-electron chi connectivity index (χ2n) is 5.88. The number of carbonyl (C=O) groups excluding carboxylic acids is 4. The number of esters is 4. The van der Waals surface area contributed by atoms with E-state index >= 15 is 0 Å². The molecule has 0 radical (unpaired) electrons. The van der Waals surface area contributed by atoms with Crippen LogP contribution in [-0.2, 0) is 28.7 Å². The van der Waals surface area contributed by atoms with Gasteiger partial charge in [0.1, 0.15) is 0 Å². The van der Waals surface area contributed by atoms with Gasteiger partial charge in [0.2, 0.25) is 0 Å². The predicted molar refractivity (Wildman–Crippen MR) is 54.7 cm³/mol. The standard InChI is InChI=1S/C13H8O6/c14-10-6-2-1-3(7(6)11(15)18-10)5-4(2)8-9(5)13(17)19-12(8)16/h1-2,4-9H. The number of hydrogen-bond donors (Lipinski definition) is 0. The predicted octanol–water partition coefficient (Wildman–Crippen LogP) is -0.566. The molecule has 6 heteroatoms. The average Bonchev–Trinajstić information content (AvgIpc) is 2.92. The van der Waals surface area contributed by atoms with E-state index in [1.807, 2.05) is 6.08 Å². The van der Waals surface area contributed by atoms with E-state index in [0.29, 0.717) is 0 Å². The molecule has 2 aliphatic heterocycles. The van der Waals surface area contributed by atoms with Crippen LogP contribution in [-0.4, -0.2) is 23.9 Å². The quantitative estimate of drug-likeness (QED) is 0.251. The Morgan fingerprint density at radius 2 is 1.37 bits per heavy atom. The molecule has 5 aliphatic rings. The highest BCUT2D eigenvalue weighted by Crippen LogP contribution is 2.69. The van der Waals surface area contributed by atoms with Crippen LogP contribution in [0, 0.1) is 41.4 Å². The Kier molecular flexibility index (Phi) is 1.37. The number of allylic oxidation sites excluding steroid dienone is 1. The number of ether oxygens (including phenoxy) is 2. The molecule has 2 saturated heterocycles. The monoisotopic (exact) mass is 260 g/mol. The van der Waals surface area contributed by atoms with E-state index in [1.54, 1.807) is 0 Å². The summed E-state index contributed by atoms with van der Waals surface area (Å²) in [6, 6.07) is 0. The van der Waals surface area contributed by atoms with Crippen LogP contribution in [0.25, 0.3) is 0 Å². The van der Waals surface area contributed by atoms with Crippen molar-refractivity contribution in [3.63, 3.8) is 0 Å². The van der Waals surface area contributed by atoms with Crippen LogP contribution in [0.2, 0.25) is 0 Å². The van der Waals surface area contributed by atoms with Crippen molar-refractivity contribution in [1.82, 2.24) is 0 Å². The van der Waals surface area contributed by atoms with E-state index in [4.69, 9.17) is 0 Å². The van der Waals surface area contributed by atoms with Crippen molar-refractivity contribution in [2.45, 2.75) is 0 Å². The molecule has 1 saturated carbocycles. The van der Waals surface area contributed by atoms with Gasteiger partial charge in [0, 0.05) is 0 Å². The lowest BCUT2D eigenvalue weighted by molar-refractivity contribution is -0.156. The molecule has 0 spiro atoms. The van der Waals surface area contributed by atoms with Gasteiger partial charge in [0.25, 0.3) is 0 Å². The Hall–Kier alpha value is -1.98. The van der Waals surface area contributed by atoms with Crippen molar-refractivity contribution in [3.05, 3.63) is 11.6 Å². The minimum atomic E-state index is -0.525. The maximum Gasteiger partial charge on any atom is 0.321 e. The number of rotatable bonds is 0. The van der Waals surface area contributed by atoms with Crippen LogP contribution in [0.3, 0.4) is 0 Å². The Morgan fingerprint density at radius 1 is 0.737 bits per heavy atom. The molecule has 3 aliphatic carbocycles. The van der Waals surface area contributed by atoms with Gasteiger partial charge in [-0.2, -0.15) is 0 Å². The maximum atomic E-state index is 11.7. The summed E-state index contributed by atoms with van der Waals surface area (Å²) in [5.41, 5.74) is 0.823. The lowest BCUT2D eigenvalue weighted by atomic mass is 9.49. The Labute approximate surface area is 106 Å². The topological polar surface area (TPSA) is 86.7 Å². The third-order valence-corrected chi connectivity index (χ3v) is 5.42. The second-order valence-corrected chi connectivity index (χ2v) is 5.88. The SMILES string of the molecule is O=C1OC(=O)C2C1C1=CC2C2C3C(=O)OC(=O)C3C12. The van der Waals surface area contributed by atoms with Crippen molar-refractivity contribution < 1.29 is 28.7 Å². The second kappa shape index (κ2) is 2.64. The molecule has 96 valence electrons. The van der Waals surface area contributed by atoms with E-state index in [9.17, 15) is 19.2 Å². The summed E-state index contributed by atoms with van der Waals surface area (Å²) in [4.78, 5) is 46.7. The number of fused-ring (bicyclic) bond motifs is 10. The molecule has 0 aromatic heterocycles. The Morgan fingerprint density at radius 3 is 2.16 bits per heavy atom. The van der Waals surface area contributed by atoms with Crippen molar-refractivity contribution >= 4 is 23.9 Å². The third kappa shape index (κ3) is 0.819. The molecular formula is C13H8O6. The van der Waals surface area contributed by atoms with Gasteiger partial charge in [-0.3, -0.25) is 19.2 Å². The summed E-state index contributed by atoms with van der Waals surface area (Å²) in [5, 5.41) is 0. The first-order chi connectivity index (χ1) is 9.09. The minimum Gasteiger partial charge on any atom is -0.393 e. The fraction of sp³-hybridized carbons (Fsp3) is 0.538. The van der Waals surface area contributed by atoms with E-state index in [2.05, 4.69) is 9.47 Å². The summed E-state index contributed by atoms with van der Waals surface area (Å²) in [7, 11) is 0. The van der Waals surface area contributed by atoms with Gasteiger partial charge in [0.05, 0.1) is 23.7 Å². The summed E-state index contributed by atoms with van der Waals surface area (Å²) in [6.07, 6.45) is 1.92. The van der Waals surface area contributed by atoms with Crippen molar-refractivity contribution in [1.29, 1.82) is 0 Å². The summed E-state index contributed by atoms with van der Waals surface area (Å²) in [5.74, 6) is -4.16. The fourth-order valence-electron chi connectivity index (χ4n) is 4.86. The lowest BCUT2D eigenvalue weighted by Gasteiger charge is -2.48. The molecule has 0 amide bonds. The summed E-state index contributed by atoms with van der Waals surface area (Å²) < 4.78 is 9.37. The fourth-order valence-corrected chi connectivity index (χ4v) is 4.86. The zero-order valence-corrected chi connectivity index (χ0v) is 9.57. The Bertz CT molecular complexity index is 629. The number of cyclic esters (lactones) is 4. The van der Waals surface area contributed by atoms with Gasteiger partial charge in [-0.1, -0.05) is 11.6 Å². The third-order valence-electron chi connectivity index (χ3n) is 5.42. The summed E-state index contributed by atoms with van der Waals surface area (Å²) >= 11 is 0. The normalized spacial score (nSPS) is 52.2. The van der Waals surface area contributed by atoms with Gasteiger partial charge in [-0.15, -0.1) is 0 Å². The first-order valence-electron chi connectivity index (χ1n) is 6.32. The van der Waals surface area contributed by atoms with E-state index < -0.39 is 47.5 Å². The van der Waals surface area contributed by atoms with Crippen LogP contribution in [0.5, 0.6) is 0 Å². The highest BCUT2D eigenvalue weighted by Gasteiger charge is 2.75. The molecular weight excluding hydrogens is 252 g/mol. The largest absolute Gasteiger partial charge is 0.393 e. The average molecular weight is 260 g/mol. The van der Waals surface area contributed by atoms with E-state index in [1.165, 1.54) is 0 Å². The molecule has 3 fully saturated rings. The van der Waals surface area contributed by atoms with Crippen LogP contribution in [0.4, 0.5) is 0 Å². The summed E-state index contributed by atoms with van der Waals surface area (Å²) in [6.45, 7) is 0. The molecule has 0 aromatic rings. The van der Waals surface area contributed by atoms with Gasteiger partial charge < -0.3 is 9.47 Å². The molecule has 7 atom stereocenters. The van der Waals surface area contributed by atoms with Crippen LogP contribution in [0.15, 0.2) is 11.6 Å². The van der Waals surface area contributed by atoms with Gasteiger partial charge in [-0.25, -0.2) is 0 Å². The lowest BCUT2D eigenvalue weighted by Crippen LogP contribution is -2.55. The van der Waals surface area contributed by atoms with Gasteiger partial charge in [-0.05, 0) is 17.8 Å². The molecule has 0 N–H and O–H groups in total. The maximum absolute atomic E-state index is 11.7. The molecule has 2 bridgehead atoms. The van der Waals surface area contributed by atoms with Gasteiger partial charge >= 0.3 is 23.9 Å². The number of carbonyl (C=O) groups is 4. The van der Waals surface area contributed by atoms with E-state index in [0.717, 1.165) is 5.57 Å². The molecule has 7 unspecified atom stereocenters. The molecule has 19 heavy (non-hydrogen) atoms.